The van der Waals surface area contributed by atoms with E-state index in [0.717, 1.165) is 28.5 Å². The van der Waals surface area contributed by atoms with Crippen molar-refractivity contribution in [1.29, 1.82) is 0 Å². The van der Waals surface area contributed by atoms with E-state index in [0.29, 0.717) is 0 Å². The Morgan fingerprint density at radius 3 is 2.00 bits per heavy atom. The number of nitrogens with zero attached hydrogens (tertiary/aromatic N) is 3. The molecule has 31 heavy (non-hydrogen) atoms. The Hall–Kier alpha value is -4.12. The van der Waals surface area contributed by atoms with E-state index < -0.39 is 0 Å². The Kier molecular flexibility index (Phi) is 3.33. The first-order valence-electron chi connectivity index (χ1n) is 10.5. The summed E-state index contributed by atoms with van der Waals surface area (Å²) >= 11 is 0. The van der Waals surface area contributed by atoms with E-state index in [-0.39, 0.29) is 6.85 Å². The molecule has 2 aliphatic heterocycles. The first kappa shape index (κ1) is 16.7. The molecule has 0 saturated heterocycles. The summed E-state index contributed by atoms with van der Waals surface area (Å²) in [5.74, 6) is 1.14. The van der Waals surface area contributed by atoms with Gasteiger partial charge < -0.3 is 13.8 Å². The topological polar surface area (TPSA) is 24.6 Å². The Balaban J connectivity index is 1.56. The van der Waals surface area contributed by atoms with Crippen LogP contribution in [0.25, 0.3) is 0 Å². The maximum atomic E-state index is 6.14. The molecule has 0 unspecified atom stereocenters. The number of aromatic nitrogens is 1. The first-order chi connectivity index (χ1) is 15.4. The van der Waals surface area contributed by atoms with Gasteiger partial charge in [-0.2, -0.15) is 0 Å². The number of para-hydroxylation sites is 2. The highest BCUT2D eigenvalue weighted by Crippen LogP contribution is 2.44. The van der Waals surface area contributed by atoms with Crippen molar-refractivity contribution < 1.29 is 4.42 Å². The van der Waals surface area contributed by atoms with Crippen LogP contribution in [-0.4, -0.2) is 11.3 Å². The van der Waals surface area contributed by atoms with Crippen LogP contribution in [0.5, 0.6) is 0 Å². The molecule has 146 valence electrons. The molecule has 0 N–H and O–H groups in total. The summed E-state index contributed by atoms with van der Waals surface area (Å²) in [7, 11) is 0. The van der Waals surface area contributed by atoms with E-state index >= 15 is 0 Å². The van der Waals surface area contributed by atoms with Crippen molar-refractivity contribution in [2.24, 2.45) is 0 Å². The number of furan rings is 1. The van der Waals surface area contributed by atoms with Crippen LogP contribution >= 0.6 is 0 Å². The van der Waals surface area contributed by atoms with Crippen LogP contribution in [0.15, 0.2) is 114 Å². The molecule has 0 spiro atoms. The normalized spacial score (nSPS) is 13.6. The molecule has 0 fully saturated rings. The highest BCUT2D eigenvalue weighted by atomic mass is 16.3. The minimum Gasteiger partial charge on any atom is -0.474 e. The van der Waals surface area contributed by atoms with Crippen LogP contribution in [0.2, 0.25) is 0 Å². The monoisotopic (exact) mass is 399 g/mol. The summed E-state index contributed by atoms with van der Waals surface area (Å²) < 4.78 is 8.47. The van der Waals surface area contributed by atoms with Crippen LogP contribution in [0.3, 0.4) is 0 Å². The van der Waals surface area contributed by atoms with Gasteiger partial charge in [0.2, 0.25) is 0 Å². The highest BCUT2D eigenvalue weighted by molar-refractivity contribution is 6.88. The predicted molar refractivity (Wildman–Crippen MR) is 126 cm³/mol. The molecule has 4 nitrogen and oxygen atoms in total. The van der Waals surface area contributed by atoms with Crippen molar-refractivity contribution in [1.82, 2.24) is 4.48 Å². The zero-order valence-electron chi connectivity index (χ0n) is 16.7. The molecule has 0 radical (unpaired) electrons. The molecule has 0 aliphatic carbocycles. The number of hydrogen-bond acceptors (Lipinski definition) is 3. The van der Waals surface area contributed by atoms with Gasteiger partial charge in [0.05, 0.1) is 12.0 Å². The lowest BCUT2D eigenvalue weighted by Gasteiger charge is -2.41. The van der Waals surface area contributed by atoms with Crippen molar-refractivity contribution in [3.63, 3.8) is 0 Å². The molecule has 4 heterocycles. The van der Waals surface area contributed by atoms with Gasteiger partial charge >= 0.3 is 6.85 Å². The van der Waals surface area contributed by atoms with Crippen LogP contribution < -0.4 is 20.9 Å². The van der Waals surface area contributed by atoms with Crippen molar-refractivity contribution in [2.45, 2.75) is 0 Å². The number of hydrogen-bond donors (Lipinski definition) is 0. The standard InChI is InChI=1S/C26H18BN3O/c1-3-9-19(10-4-1)29-21-13-7-14-22-25(21)27(26-23(29)16-18-31-26)28-17-8-15-24(28)30(22)20-11-5-2-6-12-20/h1-18H. The van der Waals surface area contributed by atoms with Crippen LogP contribution in [-0.2, 0) is 0 Å². The molecule has 0 atom stereocenters. The quantitative estimate of drug-likeness (QED) is 0.369. The first-order valence-corrected chi connectivity index (χ1v) is 10.5. The van der Waals surface area contributed by atoms with Crippen molar-refractivity contribution in [3.8, 4) is 0 Å². The van der Waals surface area contributed by atoms with Crippen LogP contribution in [0, 0.1) is 0 Å². The van der Waals surface area contributed by atoms with Crippen LogP contribution in [0.1, 0.15) is 0 Å². The molecule has 5 aromatic rings. The van der Waals surface area contributed by atoms with Crippen molar-refractivity contribution in [3.05, 3.63) is 110 Å². The van der Waals surface area contributed by atoms with E-state index in [1.807, 2.05) is 0 Å². The molecule has 5 heteroatoms. The summed E-state index contributed by atoms with van der Waals surface area (Å²) in [5.41, 5.74) is 7.95. The van der Waals surface area contributed by atoms with Gasteiger partial charge in [-0.25, -0.2) is 0 Å². The largest absolute Gasteiger partial charge is 0.474 e. The summed E-state index contributed by atoms with van der Waals surface area (Å²) in [6.07, 6.45) is 3.96. The Morgan fingerprint density at radius 1 is 0.581 bits per heavy atom. The van der Waals surface area contributed by atoms with E-state index in [4.69, 9.17) is 4.42 Å². The third kappa shape index (κ3) is 2.20. The average Bonchev–Trinajstić information content (AvgIpc) is 3.50. The molecular weight excluding hydrogens is 381 g/mol. The molecule has 2 aromatic heterocycles. The third-order valence-electron chi connectivity index (χ3n) is 6.27. The molecule has 0 saturated carbocycles. The third-order valence-corrected chi connectivity index (χ3v) is 6.27. The van der Waals surface area contributed by atoms with Gasteiger partial charge in [0.15, 0.2) is 0 Å². The molecular formula is C26H18BN3O. The fourth-order valence-corrected chi connectivity index (χ4v) is 5.06. The second-order valence-corrected chi connectivity index (χ2v) is 7.90. The molecule has 0 amide bonds. The van der Waals surface area contributed by atoms with Gasteiger partial charge in [0.1, 0.15) is 11.5 Å². The fraction of sp³-hybridized carbons (Fsp3) is 0. The minimum absolute atomic E-state index is 0.00104. The summed E-state index contributed by atoms with van der Waals surface area (Å²) in [5, 5.41) is 0. The fourth-order valence-electron chi connectivity index (χ4n) is 5.06. The summed E-state index contributed by atoms with van der Waals surface area (Å²) in [6.45, 7) is 0.00104. The van der Waals surface area contributed by atoms with Gasteiger partial charge in [-0.15, -0.1) is 0 Å². The second-order valence-electron chi connectivity index (χ2n) is 7.90. The van der Waals surface area contributed by atoms with E-state index in [1.165, 1.54) is 16.8 Å². The minimum atomic E-state index is 0.00104. The Bertz CT molecular complexity index is 1300. The Morgan fingerprint density at radius 2 is 1.26 bits per heavy atom. The van der Waals surface area contributed by atoms with Gasteiger partial charge in [0.25, 0.3) is 0 Å². The van der Waals surface area contributed by atoms with Crippen LogP contribution in [0.4, 0.5) is 34.3 Å². The van der Waals surface area contributed by atoms with Gasteiger partial charge in [0, 0.05) is 28.2 Å². The van der Waals surface area contributed by atoms with Gasteiger partial charge in [-0.3, -0.25) is 4.90 Å². The van der Waals surface area contributed by atoms with Gasteiger partial charge in [-0.05, 0) is 60.8 Å². The van der Waals surface area contributed by atoms with Crippen molar-refractivity contribution >= 4 is 52.2 Å². The maximum Gasteiger partial charge on any atom is 0.378 e. The molecule has 0 bridgehead atoms. The van der Waals surface area contributed by atoms with Gasteiger partial charge in [-0.1, -0.05) is 42.5 Å². The summed E-state index contributed by atoms with van der Waals surface area (Å²) in [4.78, 5) is 4.65. The molecule has 7 rings (SSSR count). The predicted octanol–water partition coefficient (Wildman–Crippen LogP) is 5.30. The smallest absolute Gasteiger partial charge is 0.378 e. The lowest BCUT2D eigenvalue weighted by Crippen LogP contribution is -2.57. The maximum absolute atomic E-state index is 6.14. The molecule has 3 aromatic carbocycles. The average molecular weight is 399 g/mol. The lowest BCUT2D eigenvalue weighted by atomic mass is 9.49. The lowest BCUT2D eigenvalue weighted by molar-refractivity contribution is 0.598. The zero-order valence-corrected chi connectivity index (χ0v) is 16.7. The number of anilines is 6. The van der Waals surface area contributed by atoms with E-state index in [1.54, 1.807) is 6.26 Å². The van der Waals surface area contributed by atoms with E-state index in [2.05, 4.69) is 118 Å². The number of fused-ring (bicyclic) bond motifs is 4. The Labute approximate surface area is 180 Å². The molecule has 2 aliphatic rings. The van der Waals surface area contributed by atoms with E-state index in [9.17, 15) is 0 Å². The number of rotatable bonds is 2. The highest BCUT2D eigenvalue weighted by Gasteiger charge is 2.45. The number of benzene rings is 3. The zero-order chi connectivity index (χ0) is 20.4. The SMILES string of the molecule is c1ccc(N2c3ccoc3B3c4c2cccc4N(c2ccccc2)c2cccn23)cc1. The summed E-state index contributed by atoms with van der Waals surface area (Å²) in [6, 6.07) is 34.0. The second kappa shape index (κ2) is 6.19. The van der Waals surface area contributed by atoms with Crippen molar-refractivity contribution in [2.75, 3.05) is 9.80 Å².